The maximum Gasteiger partial charge on any atom is 0.307 e. The molecule has 1 N–H and O–H groups in total. The maximum atomic E-state index is 10.4. The lowest BCUT2D eigenvalue weighted by Crippen LogP contribution is -2.03. The van der Waals surface area contributed by atoms with Gasteiger partial charge in [0, 0.05) is 12.4 Å². The van der Waals surface area contributed by atoms with Gasteiger partial charge in [0.25, 0.3) is 0 Å². The quantitative estimate of drug-likeness (QED) is 0.734. The minimum absolute atomic E-state index is 0.0820. The Morgan fingerprint density at radius 3 is 2.60 bits per heavy atom. The highest BCUT2D eigenvalue weighted by Gasteiger charge is 2.05. The van der Waals surface area contributed by atoms with Gasteiger partial charge in [-0.1, -0.05) is 6.58 Å². The molecule has 0 saturated heterocycles. The molecule has 0 bridgehead atoms. The monoisotopic (exact) mass is 208 g/mol. The number of hydrogen-bond donors (Lipinski definition) is 1. The number of aliphatic carboxylic acids is 1. The fourth-order valence-corrected chi connectivity index (χ4v) is 1.00. The fourth-order valence-electron chi connectivity index (χ4n) is 1.00. The molecule has 5 heteroatoms. The molecule has 0 aromatic carbocycles. The highest BCUT2D eigenvalue weighted by Crippen LogP contribution is 2.08. The van der Waals surface area contributed by atoms with Crippen molar-refractivity contribution in [3.05, 3.63) is 30.4 Å². The molecule has 0 atom stereocenters. The number of ether oxygens (including phenoxy) is 1. The van der Waals surface area contributed by atoms with Crippen molar-refractivity contribution in [2.75, 3.05) is 6.61 Å². The van der Waals surface area contributed by atoms with Gasteiger partial charge < -0.3 is 9.84 Å². The molecule has 0 aliphatic carbocycles. The third-order valence-corrected chi connectivity index (χ3v) is 1.63. The fraction of sp³-hybridized carbons (Fsp3) is 0.300. The molecular weight excluding hydrogens is 196 g/mol. The zero-order chi connectivity index (χ0) is 11.3. The summed E-state index contributed by atoms with van der Waals surface area (Å²) in [6.07, 6.45) is 2.84. The van der Waals surface area contributed by atoms with Crippen molar-refractivity contribution >= 4 is 11.7 Å². The van der Waals surface area contributed by atoms with Gasteiger partial charge in [0.1, 0.15) is 0 Å². The lowest BCUT2D eigenvalue weighted by atomic mass is 10.2. The average Bonchev–Trinajstić information content (AvgIpc) is 2.18. The molecule has 80 valence electrons. The van der Waals surface area contributed by atoms with E-state index < -0.39 is 5.97 Å². The van der Waals surface area contributed by atoms with Gasteiger partial charge in [-0.05, 0) is 12.5 Å². The molecule has 1 aromatic heterocycles. The molecule has 0 radical (unpaired) electrons. The van der Waals surface area contributed by atoms with E-state index in [-0.39, 0.29) is 6.42 Å². The molecule has 0 spiro atoms. The van der Waals surface area contributed by atoms with E-state index in [0.29, 0.717) is 23.8 Å². The van der Waals surface area contributed by atoms with Crippen molar-refractivity contribution < 1.29 is 14.6 Å². The number of nitrogens with zero attached hydrogens (tertiary/aromatic N) is 2. The van der Waals surface area contributed by atoms with Gasteiger partial charge in [-0.25, -0.2) is 9.97 Å². The van der Waals surface area contributed by atoms with E-state index in [9.17, 15) is 4.79 Å². The molecule has 1 rings (SSSR count). The second kappa shape index (κ2) is 5.09. The Kier molecular flexibility index (Phi) is 3.79. The first-order chi connectivity index (χ1) is 7.13. The van der Waals surface area contributed by atoms with Gasteiger partial charge in [0.2, 0.25) is 0 Å². The molecule has 1 heterocycles. The summed E-state index contributed by atoms with van der Waals surface area (Å²) in [6, 6.07) is 0. The van der Waals surface area contributed by atoms with Gasteiger partial charge in [-0.15, -0.1) is 0 Å². The van der Waals surface area contributed by atoms with Crippen LogP contribution < -0.4 is 0 Å². The maximum absolute atomic E-state index is 10.4. The third kappa shape index (κ3) is 3.38. The first-order valence-electron chi connectivity index (χ1n) is 4.48. The Morgan fingerprint density at radius 2 is 2.13 bits per heavy atom. The molecule has 15 heavy (non-hydrogen) atoms. The predicted molar refractivity (Wildman–Crippen MR) is 54.0 cm³/mol. The largest absolute Gasteiger partial charge is 0.491 e. The summed E-state index contributed by atoms with van der Waals surface area (Å²) < 4.78 is 5.11. The third-order valence-electron chi connectivity index (χ3n) is 1.63. The number of hydrogen-bond acceptors (Lipinski definition) is 4. The van der Waals surface area contributed by atoms with E-state index >= 15 is 0 Å². The van der Waals surface area contributed by atoms with Crippen molar-refractivity contribution in [2.45, 2.75) is 13.3 Å². The minimum Gasteiger partial charge on any atom is -0.491 e. The average molecular weight is 208 g/mol. The smallest absolute Gasteiger partial charge is 0.307 e. The van der Waals surface area contributed by atoms with Crippen LogP contribution in [0.1, 0.15) is 18.3 Å². The lowest BCUT2D eigenvalue weighted by Gasteiger charge is -2.04. The lowest BCUT2D eigenvalue weighted by molar-refractivity contribution is -0.136. The standard InChI is InChI=1S/C10H12N2O3/c1-3-15-7(2)10-11-5-8(6-12-10)4-9(13)14/h5-6H,2-4H2,1H3,(H,13,14). The molecule has 0 saturated carbocycles. The summed E-state index contributed by atoms with van der Waals surface area (Å²) in [4.78, 5) is 18.3. The number of rotatable bonds is 5. The van der Waals surface area contributed by atoms with Crippen LogP contribution in [0, 0.1) is 0 Å². The van der Waals surface area contributed by atoms with Crippen LogP contribution in [-0.2, 0) is 16.0 Å². The van der Waals surface area contributed by atoms with E-state index in [0.717, 1.165) is 0 Å². The van der Waals surface area contributed by atoms with Gasteiger partial charge in [-0.3, -0.25) is 4.79 Å². The minimum atomic E-state index is -0.907. The van der Waals surface area contributed by atoms with E-state index in [1.807, 2.05) is 6.92 Å². The molecule has 0 aliphatic rings. The Labute approximate surface area is 87.4 Å². The predicted octanol–water partition coefficient (Wildman–Crippen LogP) is 1.11. The molecule has 1 aromatic rings. The van der Waals surface area contributed by atoms with Crippen LogP contribution in [0.3, 0.4) is 0 Å². The van der Waals surface area contributed by atoms with Crippen molar-refractivity contribution in [3.8, 4) is 0 Å². The summed E-state index contributed by atoms with van der Waals surface area (Å²) in [5, 5.41) is 8.53. The molecule has 5 nitrogen and oxygen atoms in total. The van der Waals surface area contributed by atoms with Crippen molar-refractivity contribution in [3.63, 3.8) is 0 Å². The van der Waals surface area contributed by atoms with Crippen LogP contribution in [0.5, 0.6) is 0 Å². The highest BCUT2D eigenvalue weighted by molar-refractivity contribution is 5.69. The molecule has 0 unspecified atom stereocenters. The van der Waals surface area contributed by atoms with Crippen molar-refractivity contribution in [1.82, 2.24) is 9.97 Å². The molecular formula is C10H12N2O3. The number of carboxylic acids is 1. The van der Waals surface area contributed by atoms with Crippen LogP contribution >= 0.6 is 0 Å². The summed E-state index contributed by atoms with van der Waals surface area (Å²) >= 11 is 0. The topological polar surface area (TPSA) is 72.3 Å². The zero-order valence-electron chi connectivity index (χ0n) is 8.43. The van der Waals surface area contributed by atoms with Gasteiger partial charge >= 0.3 is 5.97 Å². The van der Waals surface area contributed by atoms with Crippen LogP contribution in [0.15, 0.2) is 19.0 Å². The van der Waals surface area contributed by atoms with Crippen molar-refractivity contribution in [2.24, 2.45) is 0 Å². The number of carboxylic acid groups (broad SMARTS) is 1. The van der Waals surface area contributed by atoms with Crippen molar-refractivity contribution in [1.29, 1.82) is 0 Å². The highest BCUT2D eigenvalue weighted by atomic mass is 16.5. The molecule has 0 aliphatic heterocycles. The Hall–Kier alpha value is -1.91. The number of aromatic nitrogens is 2. The van der Waals surface area contributed by atoms with E-state index in [1.54, 1.807) is 0 Å². The number of carbonyl (C=O) groups is 1. The zero-order valence-corrected chi connectivity index (χ0v) is 8.43. The Balaban J connectivity index is 2.71. The molecule has 0 amide bonds. The summed E-state index contributed by atoms with van der Waals surface area (Å²) in [6.45, 7) is 5.98. The van der Waals surface area contributed by atoms with Crippen LogP contribution in [0.25, 0.3) is 5.76 Å². The second-order valence-corrected chi connectivity index (χ2v) is 2.84. The molecule has 0 fully saturated rings. The Morgan fingerprint density at radius 1 is 1.53 bits per heavy atom. The van der Waals surface area contributed by atoms with E-state index in [4.69, 9.17) is 9.84 Å². The van der Waals surface area contributed by atoms with Crippen LogP contribution in [0.4, 0.5) is 0 Å². The van der Waals surface area contributed by atoms with E-state index in [1.165, 1.54) is 12.4 Å². The van der Waals surface area contributed by atoms with Crippen LogP contribution in [-0.4, -0.2) is 27.7 Å². The van der Waals surface area contributed by atoms with Crippen LogP contribution in [0.2, 0.25) is 0 Å². The second-order valence-electron chi connectivity index (χ2n) is 2.84. The Bertz CT molecular complexity index is 359. The van der Waals surface area contributed by atoms with Gasteiger partial charge in [0.05, 0.1) is 13.0 Å². The summed E-state index contributed by atoms with van der Waals surface area (Å²) in [5.41, 5.74) is 0.551. The summed E-state index contributed by atoms with van der Waals surface area (Å²) in [7, 11) is 0. The normalized spacial score (nSPS) is 9.67. The first-order valence-corrected chi connectivity index (χ1v) is 4.48. The SMILES string of the molecule is C=C(OCC)c1ncc(CC(=O)O)cn1. The van der Waals surface area contributed by atoms with E-state index in [2.05, 4.69) is 16.5 Å². The van der Waals surface area contributed by atoms with Gasteiger partial charge in [-0.2, -0.15) is 0 Å². The van der Waals surface area contributed by atoms with Gasteiger partial charge in [0.15, 0.2) is 11.6 Å². The first kappa shape index (κ1) is 11.2. The summed E-state index contributed by atoms with van der Waals surface area (Å²) in [5.74, 6) is -0.139.